The van der Waals surface area contributed by atoms with Gasteiger partial charge in [0, 0.05) is 17.5 Å². The van der Waals surface area contributed by atoms with Crippen molar-refractivity contribution in [1.29, 1.82) is 0 Å². The molecule has 1 N–H and O–H groups in total. The Balaban J connectivity index is 1.78. The van der Waals surface area contributed by atoms with Gasteiger partial charge >= 0.3 is 0 Å². The summed E-state index contributed by atoms with van der Waals surface area (Å²) >= 11 is 0. The molecule has 5 nitrogen and oxygen atoms in total. The van der Waals surface area contributed by atoms with Gasteiger partial charge in [-0.15, -0.1) is 5.10 Å². The van der Waals surface area contributed by atoms with Crippen molar-refractivity contribution >= 4 is 0 Å². The molecule has 26 heavy (non-hydrogen) atoms. The summed E-state index contributed by atoms with van der Waals surface area (Å²) in [4.78, 5) is 1.50. The first-order chi connectivity index (χ1) is 12.5. The summed E-state index contributed by atoms with van der Waals surface area (Å²) in [7, 11) is 0. The molecule has 4 rings (SSSR count). The van der Waals surface area contributed by atoms with E-state index >= 15 is 0 Å². The summed E-state index contributed by atoms with van der Waals surface area (Å²) in [6.45, 7) is 8.52. The lowest BCUT2D eigenvalue weighted by molar-refractivity contribution is -0.941. The Morgan fingerprint density at radius 2 is 1.65 bits per heavy atom. The third-order valence-corrected chi connectivity index (χ3v) is 5.18. The third kappa shape index (κ3) is 3.15. The van der Waals surface area contributed by atoms with Crippen molar-refractivity contribution in [3.8, 4) is 0 Å². The van der Waals surface area contributed by atoms with Crippen LogP contribution in [0, 0.1) is 0 Å². The Morgan fingerprint density at radius 1 is 0.962 bits per heavy atom. The van der Waals surface area contributed by atoms with Crippen LogP contribution in [0.2, 0.25) is 0 Å². The zero-order chi connectivity index (χ0) is 18.1. The quantitative estimate of drug-likeness (QED) is 0.789. The van der Waals surface area contributed by atoms with Crippen LogP contribution >= 0.6 is 0 Å². The number of nitrogens with zero attached hydrogens (tertiary/aromatic N) is 4. The molecule has 0 aliphatic carbocycles. The molecule has 5 heteroatoms. The third-order valence-electron chi connectivity index (χ3n) is 5.18. The van der Waals surface area contributed by atoms with Gasteiger partial charge in [0.05, 0.1) is 12.1 Å². The lowest BCUT2D eigenvalue weighted by atomic mass is 9.95. The molecule has 134 valence electrons. The summed E-state index contributed by atoms with van der Waals surface area (Å²) in [6.07, 6.45) is 1.09. The van der Waals surface area contributed by atoms with E-state index in [2.05, 4.69) is 90.9 Å². The molecule has 1 unspecified atom stereocenters. The van der Waals surface area contributed by atoms with Gasteiger partial charge in [-0.05, 0) is 36.8 Å². The maximum Gasteiger partial charge on any atom is 0.214 e. The van der Waals surface area contributed by atoms with E-state index in [9.17, 15) is 0 Å². The van der Waals surface area contributed by atoms with Gasteiger partial charge < -0.3 is 4.90 Å². The molecule has 1 aliphatic heterocycles. The highest BCUT2D eigenvalue weighted by molar-refractivity contribution is 5.28. The molecule has 2 atom stereocenters. The van der Waals surface area contributed by atoms with Crippen molar-refractivity contribution in [1.82, 2.24) is 20.2 Å². The smallest absolute Gasteiger partial charge is 0.214 e. The van der Waals surface area contributed by atoms with Crippen molar-refractivity contribution in [2.45, 2.75) is 45.3 Å². The summed E-state index contributed by atoms with van der Waals surface area (Å²) < 4.78 is 1.98. The highest BCUT2D eigenvalue weighted by Gasteiger charge is 2.36. The summed E-state index contributed by atoms with van der Waals surface area (Å²) in [6, 6.07) is 19.6. The molecule has 1 aromatic heterocycles. The van der Waals surface area contributed by atoms with E-state index in [-0.39, 0.29) is 11.6 Å². The van der Waals surface area contributed by atoms with E-state index < -0.39 is 0 Å². The van der Waals surface area contributed by atoms with Crippen molar-refractivity contribution in [3.05, 3.63) is 77.1 Å². The number of hydrogen-bond acceptors (Lipinski definition) is 3. The number of nitrogens with one attached hydrogen (secondary N) is 1. The molecule has 0 amide bonds. The fourth-order valence-electron chi connectivity index (χ4n) is 3.91. The fraction of sp³-hybridized carbons (Fsp3) is 0.381. The summed E-state index contributed by atoms with van der Waals surface area (Å²) in [5.74, 6) is 0.943. The number of rotatable bonds is 3. The second-order valence-electron chi connectivity index (χ2n) is 8.07. The van der Waals surface area contributed by atoms with Gasteiger partial charge in [-0.25, -0.2) is 4.68 Å². The summed E-state index contributed by atoms with van der Waals surface area (Å²) in [5.41, 5.74) is 4.02. The van der Waals surface area contributed by atoms with Crippen LogP contribution in [0.3, 0.4) is 0 Å². The SMILES string of the molecule is CC(C)(C)n1nnnc1[C@@H](c1ccccc1)[NH+]1CCc2ccccc2C1. The zero-order valence-corrected chi connectivity index (χ0v) is 15.7. The average Bonchev–Trinajstić information content (AvgIpc) is 3.13. The van der Waals surface area contributed by atoms with Crippen LogP contribution in [0.4, 0.5) is 0 Å². The maximum absolute atomic E-state index is 4.47. The van der Waals surface area contributed by atoms with Crippen LogP contribution in [0.1, 0.15) is 49.3 Å². The first-order valence-electron chi connectivity index (χ1n) is 9.29. The van der Waals surface area contributed by atoms with Crippen LogP contribution in [0.5, 0.6) is 0 Å². The van der Waals surface area contributed by atoms with Crippen LogP contribution < -0.4 is 4.90 Å². The maximum atomic E-state index is 4.47. The van der Waals surface area contributed by atoms with E-state index in [1.165, 1.54) is 21.6 Å². The van der Waals surface area contributed by atoms with E-state index in [4.69, 9.17) is 0 Å². The minimum absolute atomic E-state index is 0.124. The standard InChI is InChI=1S/C21H25N5/c1-21(2,3)26-20(22-23-24-26)19(17-10-5-4-6-11-17)25-14-13-16-9-7-8-12-18(16)15-25/h4-12,19H,13-15H2,1-3H3/p+1/t19-/m1/s1. The van der Waals surface area contributed by atoms with E-state index in [1.807, 2.05) is 4.68 Å². The van der Waals surface area contributed by atoms with Crippen LogP contribution in [0.15, 0.2) is 54.6 Å². The molecular weight excluding hydrogens is 322 g/mol. The Labute approximate surface area is 154 Å². The molecule has 1 aliphatic rings. The minimum Gasteiger partial charge on any atom is -0.318 e. The Kier molecular flexibility index (Phi) is 4.32. The van der Waals surface area contributed by atoms with Crippen molar-refractivity contribution in [3.63, 3.8) is 0 Å². The van der Waals surface area contributed by atoms with Gasteiger partial charge in [0.1, 0.15) is 6.54 Å². The predicted molar refractivity (Wildman–Crippen MR) is 101 cm³/mol. The average molecular weight is 348 g/mol. The second kappa shape index (κ2) is 6.65. The fourth-order valence-corrected chi connectivity index (χ4v) is 3.91. The van der Waals surface area contributed by atoms with Gasteiger partial charge in [0.2, 0.25) is 5.82 Å². The molecular formula is C21H26N5+. The zero-order valence-electron chi connectivity index (χ0n) is 15.7. The minimum atomic E-state index is -0.154. The second-order valence-corrected chi connectivity index (χ2v) is 8.07. The normalized spacial score (nSPS) is 18.3. The number of quaternary nitrogens is 1. The number of fused-ring (bicyclic) bond motifs is 1. The first kappa shape index (κ1) is 16.9. The number of tetrazole rings is 1. The molecule has 0 bridgehead atoms. The lowest BCUT2D eigenvalue weighted by Crippen LogP contribution is -3.12. The van der Waals surface area contributed by atoms with Gasteiger partial charge in [0.15, 0.2) is 6.04 Å². The molecule has 2 aromatic carbocycles. The monoisotopic (exact) mass is 348 g/mol. The van der Waals surface area contributed by atoms with Crippen molar-refractivity contribution in [2.75, 3.05) is 6.54 Å². The molecule has 3 aromatic rings. The number of hydrogen-bond donors (Lipinski definition) is 1. The highest BCUT2D eigenvalue weighted by atomic mass is 15.6. The van der Waals surface area contributed by atoms with Gasteiger partial charge in [-0.1, -0.05) is 54.6 Å². The Morgan fingerprint density at radius 3 is 2.38 bits per heavy atom. The van der Waals surface area contributed by atoms with Crippen LogP contribution in [-0.2, 0) is 18.5 Å². The molecule has 0 saturated heterocycles. The van der Waals surface area contributed by atoms with Crippen LogP contribution in [0.25, 0.3) is 0 Å². The van der Waals surface area contributed by atoms with Crippen molar-refractivity contribution < 1.29 is 4.90 Å². The van der Waals surface area contributed by atoms with Crippen LogP contribution in [-0.4, -0.2) is 26.8 Å². The topological polar surface area (TPSA) is 48.0 Å². The Bertz CT molecular complexity index is 879. The molecule has 0 fully saturated rings. The molecule has 0 spiro atoms. The van der Waals surface area contributed by atoms with E-state index in [0.717, 1.165) is 25.3 Å². The van der Waals surface area contributed by atoms with Gasteiger partial charge in [0.25, 0.3) is 0 Å². The number of aromatic nitrogens is 4. The molecule has 2 heterocycles. The first-order valence-corrected chi connectivity index (χ1v) is 9.29. The molecule has 0 saturated carbocycles. The van der Waals surface area contributed by atoms with E-state index in [0.29, 0.717) is 0 Å². The lowest BCUT2D eigenvalue weighted by Gasteiger charge is -2.33. The summed E-state index contributed by atoms with van der Waals surface area (Å²) in [5, 5.41) is 12.8. The highest BCUT2D eigenvalue weighted by Crippen LogP contribution is 2.23. The molecule has 0 radical (unpaired) electrons. The van der Waals surface area contributed by atoms with Gasteiger partial charge in [-0.3, -0.25) is 0 Å². The number of benzene rings is 2. The Hall–Kier alpha value is -2.53. The van der Waals surface area contributed by atoms with Crippen molar-refractivity contribution in [2.24, 2.45) is 0 Å². The predicted octanol–water partition coefficient (Wildman–Crippen LogP) is 2.16. The van der Waals surface area contributed by atoms with Gasteiger partial charge in [-0.2, -0.15) is 0 Å². The van der Waals surface area contributed by atoms with E-state index in [1.54, 1.807) is 0 Å². The largest absolute Gasteiger partial charge is 0.318 e.